The minimum atomic E-state index is -0.292. The number of carbonyl (C=O) groups is 1. The molecule has 0 saturated heterocycles. The molecule has 0 aromatic carbocycles. The summed E-state index contributed by atoms with van der Waals surface area (Å²) in [5, 5.41) is 0. The minimum absolute atomic E-state index is 0.0378. The Morgan fingerprint density at radius 2 is 1.69 bits per heavy atom. The molecule has 0 bridgehead atoms. The molecule has 0 aliphatic rings. The molecule has 2 atom stereocenters. The summed E-state index contributed by atoms with van der Waals surface area (Å²) >= 11 is 0. The minimum Gasteiger partial charge on any atom is -0.459 e. The molecule has 0 heterocycles. The Morgan fingerprint density at radius 3 is 2.00 bits per heavy atom. The van der Waals surface area contributed by atoms with Gasteiger partial charge in [0.05, 0.1) is 0 Å². The molecule has 0 aliphatic heterocycles. The van der Waals surface area contributed by atoms with E-state index in [0.717, 1.165) is 0 Å². The third-order valence-corrected chi connectivity index (χ3v) is 2.43. The highest BCUT2D eigenvalue weighted by Gasteiger charge is 2.19. The van der Waals surface area contributed by atoms with Crippen LogP contribution >= 0.6 is 0 Å². The zero-order valence-electron chi connectivity index (χ0n) is 9.26. The summed E-state index contributed by atoms with van der Waals surface area (Å²) in [6.45, 7) is 13.4. The fourth-order valence-corrected chi connectivity index (χ4v) is 0.919. The molecule has 0 N–H and O–H groups in total. The SMILES string of the molecule is C=C(C)C(=O)OC(C)C(C)C(C)C. The first-order valence-corrected chi connectivity index (χ1v) is 4.72. The van der Waals surface area contributed by atoms with Crippen LogP contribution in [0.4, 0.5) is 0 Å². The van der Waals surface area contributed by atoms with Gasteiger partial charge in [0.2, 0.25) is 0 Å². The van der Waals surface area contributed by atoms with Gasteiger partial charge >= 0.3 is 5.97 Å². The molecule has 2 heteroatoms. The Labute approximate surface area is 81.0 Å². The zero-order chi connectivity index (χ0) is 10.6. The van der Waals surface area contributed by atoms with Gasteiger partial charge < -0.3 is 4.74 Å². The standard InChI is InChI=1S/C11H20O2/c1-7(2)9(5)10(6)13-11(12)8(3)4/h7,9-10H,3H2,1-2,4-6H3. The summed E-state index contributed by atoms with van der Waals surface area (Å²) in [5.74, 6) is 0.608. The van der Waals surface area contributed by atoms with Gasteiger partial charge in [0.15, 0.2) is 0 Å². The number of carbonyl (C=O) groups excluding carboxylic acids is 1. The van der Waals surface area contributed by atoms with Crippen molar-refractivity contribution in [3.8, 4) is 0 Å². The van der Waals surface area contributed by atoms with Crippen LogP contribution in [-0.2, 0) is 9.53 Å². The summed E-state index contributed by atoms with van der Waals surface area (Å²) in [5.41, 5.74) is 0.461. The summed E-state index contributed by atoms with van der Waals surface area (Å²) < 4.78 is 5.20. The van der Waals surface area contributed by atoms with Crippen LogP contribution in [0.25, 0.3) is 0 Å². The average molecular weight is 184 g/mol. The van der Waals surface area contributed by atoms with Gasteiger partial charge in [-0.05, 0) is 25.7 Å². The lowest BCUT2D eigenvalue weighted by Gasteiger charge is -2.23. The Bertz CT molecular complexity index is 194. The second kappa shape index (κ2) is 5.05. The second-order valence-electron chi connectivity index (χ2n) is 3.99. The Balaban J connectivity index is 4.07. The predicted molar refractivity (Wildman–Crippen MR) is 54.4 cm³/mol. The second-order valence-corrected chi connectivity index (χ2v) is 3.99. The number of hydrogen-bond donors (Lipinski definition) is 0. The smallest absolute Gasteiger partial charge is 0.333 e. The van der Waals surface area contributed by atoms with Crippen molar-refractivity contribution >= 4 is 5.97 Å². The summed E-state index contributed by atoms with van der Waals surface area (Å²) in [7, 11) is 0. The Hall–Kier alpha value is -0.790. The van der Waals surface area contributed by atoms with Gasteiger partial charge in [0.25, 0.3) is 0 Å². The van der Waals surface area contributed by atoms with Crippen LogP contribution in [0, 0.1) is 11.8 Å². The van der Waals surface area contributed by atoms with Crippen molar-refractivity contribution < 1.29 is 9.53 Å². The lowest BCUT2D eigenvalue weighted by Crippen LogP contribution is -2.25. The predicted octanol–water partition coefficient (Wildman–Crippen LogP) is 2.79. The maximum absolute atomic E-state index is 11.2. The van der Waals surface area contributed by atoms with Gasteiger partial charge in [0.1, 0.15) is 6.10 Å². The van der Waals surface area contributed by atoms with Crippen molar-refractivity contribution in [3.05, 3.63) is 12.2 Å². The van der Waals surface area contributed by atoms with Gasteiger partial charge in [-0.25, -0.2) is 4.79 Å². The van der Waals surface area contributed by atoms with Crippen molar-refractivity contribution in [2.75, 3.05) is 0 Å². The van der Waals surface area contributed by atoms with E-state index in [4.69, 9.17) is 4.74 Å². The normalized spacial score (nSPS) is 15.2. The van der Waals surface area contributed by atoms with Crippen molar-refractivity contribution in [3.63, 3.8) is 0 Å². The number of ether oxygens (including phenoxy) is 1. The van der Waals surface area contributed by atoms with E-state index >= 15 is 0 Å². The molecule has 76 valence electrons. The van der Waals surface area contributed by atoms with Crippen LogP contribution in [0.3, 0.4) is 0 Å². The van der Waals surface area contributed by atoms with Gasteiger partial charge in [-0.3, -0.25) is 0 Å². The van der Waals surface area contributed by atoms with Crippen molar-refractivity contribution in [2.45, 2.75) is 40.7 Å². The molecular formula is C11H20O2. The number of esters is 1. The van der Waals surface area contributed by atoms with E-state index in [-0.39, 0.29) is 12.1 Å². The molecule has 0 aromatic rings. The Kier molecular flexibility index (Phi) is 4.74. The van der Waals surface area contributed by atoms with Crippen LogP contribution in [0.1, 0.15) is 34.6 Å². The van der Waals surface area contributed by atoms with Crippen molar-refractivity contribution in [1.29, 1.82) is 0 Å². The van der Waals surface area contributed by atoms with E-state index in [1.165, 1.54) is 0 Å². The van der Waals surface area contributed by atoms with Gasteiger partial charge in [-0.2, -0.15) is 0 Å². The van der Waals surface area contributed by atoms with Crippen molar-refractivity contribution in [1.82, 2.24) is 0 Å². The molecule has 0 aromatic heterocycles. The molecular weight excluding hydrogens is 164 g/mol. The molecule has 0 saturated carbocycles. The average Bonchev–Trinajstić information content (AvgIpc) is 2.02. The van der Waals surface area contributed by atoms with Gasteiger partial charge in [-0.1, -0.05) is 27.4 Å². The summed E-state index contributed by atoms with van der Waals surface area (Å²) in [4.78, 5) is 11.2. The van der Waals surface area contributed by atoms with E-state index in [9.17, 15) is 4.79 Å². The highest BCUT2D eigenvalue weighted by atomic mass is 16.5. The van der Waals surface area contributed by atoms with Gasteiger partial charge in [-0.15, -0.1) is 0 Å². The molecule has 0 aliphatic carbocycles. The highest BCUT2D eigenvalue weighted by Crippen LogP contribution is 2.17. The van der Waals surface area contributed by atoms with E-state index in [1.807, 2.05) is 6.92 Å². The highest BCUT2D eigenvalue weighted by molar-refractivity contribution is 5.87. The maximum Gasteiger partial charge on any atom is 0.333 e. The Morgan fingerprint density at radius 1 is 1.23 bits per heavy atom. The largest absolute Gasteiger partial charge is 0.459 e. The van der Waals surface area contributed by atoms with Crippen molar-refractivity contribution in [2.24, 2.45) is 11.8 Å². The van der Waals surface area contributed by atoms with Crippen LogP contribution in [0.15, 0.2) is 12.2 Å². The van der Waals surface area contributed by atoms with Crippen LogP contribution in [-0.4, -0.2) is 12.1 Å². The molecule has 0 amide bonds. The zero-order valence-corrected chi connectivity index (χ0v) is 9.26. The molecule has 0 radical (unpaired) electrons. The van der Waals surface area contributed by atoms with E-state index < -0.39 is 0 Å². The topological polar surface area (TPSA) is 26.3 Å². The van der Waals surface area contributed by atoms with E-state index in [1.54, 1.807) is 6.92 Å². The number of hydrogen-bond acceptors (Lipinski definition) is 2. The lowest BCUT2D eigenvalue weighted by atomic mass is 9.93. The fraction of sp³-hybridized carbons (Fsp3) is 0.727. The van der Waals surface area contributed by atoms with Crippen LogP contribution < -0.4 is 0 Å². The summed E-state index contributed by atoms with van der Waals surface area (Å²) in [6, 6.07) is 0. The third kappa shape index (κ3) is 4.11. The first-order chi connectivity index (χ1) is 5.86. The quantitative estimate of drug-likeness (QED) is 0.496. The first-order valence-electron chi connectivity index (χ1n) is 4.72. The molecule has 0 rings (SSSR count). The molecule has 2 unspecified atom stereocenters. The van der Waals surface area contributed by atoms with Gasteiger partial charge in [0, 0.05) is 5.57 Å². The van der Waals surface area contributed by atoms with E-state index in [0.29, 0.717) is 17.4 Å². The maximum atomic E-state index is 11.2. The third-order valence-electron chi connectivity index (χ3n) is 2.43. The lowest BCUT2D eigenvalue weighted by molar-refractivity contribution is -0.146. The number of rotatable bonds is 4. The molecule has 0 spiro atoms. The molecule has 2 nitrogen and oxygen atoms in total. The van der Waals surface area contributed by atoms with Crippen LogP contribution in [0.5, 0.6) is 0 Å². The molecule has 0 fully saturated rings. The van der Waals surface area contributed by atoms with Crippen LogP contribution in [0.2, 0.25) is 0 Å². The fourth-order valence-electron chi connectivity index (χ4n) is 0.919. The monoisotopic (exact) mass is 184 g/mol. The van der Waals surface area contributed by atoms with E-state index in [2.05, 4.69) is 27.4 Å². The summed E-state index contributed by atoms with van der Waals surface area (Å²) in [6.07, 6.45) is -0.0378. The first kappa shape index (κ1) is 12.2. The molecule has 13 heavy (non-hydrogen) atoms.